The molecule has 38 heavy (non-hydrogen) atoms. The first-order chi connectivity index (χ1) is 18.0. The zero-order valence-electron chi connectivity index (χ0n) is 20.2. The molecule has 0 aliphatic carbocycles. The number of nitrogens with two attached hydrogens (primary N) is 1. The normalized spacial score (nSPS) is 11.7. The Hall–Kier alpha value is -3.52. The Morgan fingerprint density at radius 2 is 1.95 bits per heavy atom. The molecule has 0 spiro atoms. The van der Waals surface area contributed by atoms with E-state index in [0.717, 1.165) is 6.07 Å². The highest BCUT2D eigenvalue weighted by Crippen LogP contribution is 2.34. The zero-order valence-corrected chi connectivity index (χ0v) is 22.6. The first-order valence-electron chi connectivity index (χ1n) is 11.1. The van der Waals surface area contributed by atoms with E-state index in [1.54, 1.807) is 0 Å². The summed E-state index contributed by atoms with van der Waals surface area (Å²) in [4.78, 5) is 22.3. The summed E-state index contributed by atoms with van der Waals surface area (Å²) in [5.74, 6) is -1.09. The highest BCUT2D eigenvalue weighted by molar-refractivity contribution is 7.92. The van der Waals surface area contributed by atoms with Crippen LogP contribution >= 0.6 is 23.2 Å². The van der Waals surface area contributed by atoms with E-state index in [4.69, 9.17) is 28.9 Å². The van der Waals surface area contributed by atoms with Crippen LogP contribution in [0.1, 0.15) is 0 Å². The molecule has 4 aromatic rings. The number of nitrogens with one attached hydrogen (secondary N) is 2. The zero-order chi connectivity index (χ0) is 27.6. The van der Waals surface area contributed by atoms with Crippen LogP contribution in [0.15, 0.2) is 47.6 Å². The number of anilines is 2. The predicted octanol–water partition coefficient (Wildman–Crippen LogP) is 3.00. The summed E-state index contributed by atoms with van der Waals surface area (Å²) in [6, 6.07) is 7.88. The van der Waals surface area contributed by atoms with E-state index in [9.17, 15) is 13.2 Å². The van der Waals surface area contributed by atoms with E-state index in [0.29, 0.717) is 18.5 Å². The lowest BCUT2D eigenvalue weighted by Crippen LogP contribution is -2.33. The van der Waals surface area contributed by atoms with Crippen LogP contribution in [-0.2, 0) is 21.4 Å². The maximum absolute atomic E-state index is 15.1. The van der Waals surface area contributed by atoms with Crippen molar-refractivity contribution in [2.24, 2.45) is 0 Å². The van der Waals surface area contributed by atoms with Gasteiger partial charge in [0.05, 0.1) is 21.1 Å². The van der Waals surface area contributed by atoms with Gasteiger partial charge in [0.15, 0.2) is 5.65 Å². The topological polar surface area (TPSA) is 148 Å². The van der Waals surface area contributed by atoms with E-state index in [1.165, 1.54) is 41.3 Å². The minimum atomic E-state index is -4.24. The summed E-state index contributed by atoms with van der Waals surface area (Å²) in [6.07, 6.45) is 1.24. The van der Waals surface area contributed by atoms with Crippen molar-refractivity contribution in [2.45, 2.75) is 11.4 Å². The van der Waals surface area contributed by atoms with E-state index in [1.807, 2.05) is 19.0 Å². The highest BCUT2D eigenvalue weighted by atomic mass is 35.5. The second kappa shape index (κ2) is 11.1. The Morgan fingerprint density at radius 3 is 2.66 bits per heavy atom. The number of likely N-dealkylation sites (N-methyl/N-ethyl adjacent to an activating group) is 1. The molecule has 4 rings (SSSR count). The fourth-order valence-corrected chi connectivity index (χ4v) is 5.42. The Balaban J connectivity index is 1.65. The molecule has 0 saturated heterocycles. The minimum absolute atomic E-state index is 0.0408. The number of benzene rings is 2. The van der Waals surface area contributed by atoms with Crippen molar-refractivity contribution in [1.82, 2.24) is 30.0 Å². The number of hydrogen-bond donors (Lipinski definition) is 3. The third kappa shape index (κ3) is 5.80. The maximum atomic E-state index is 15.1. The van der Waals surface area contributed by atoms with Gasteiger partial charge in [-0.2, -0.15) is 5.10 Å². The summed E-state index contributed by atoms with van der Waals surface area (Å²) >= 11 is 11.9. The summed E-state index contributed by atoms with van der Waals surface area (Å²) in [5, 5.41) is 7.42. The van der Waals surface area contributed by atoms with Crippen molar-refractivity contribution >= 4 is 61.7 Å². The molecule has 0 atom stereocenters. The Morgan fingerprint density at radius 1 is 1.18 bits per heavy atom. The molecule has 4 N–H and O–H groups in total. The third-order valence-corrected chi connectivity index (χ3v) is 7.76. The largest absolute Gasteiger partial charge is 0.383 e. The van der Waals surface area contributed by atoms with Gasteiger partial charge < -0.3 is 16.0 Å². The molecule has 0 aliphatic rings. The van der Waals surface area contributed by atoms with Crippen molar-refractivity contribution in [3.05, 3.63) is 58.6 Å². The van der Waals surface area contributed by atoms with Crippen LogP contribution in [0, 0.1) is 5.82 Å². The summed E-state index contributed by atoms with van der Waals surface area (Å²) < 4.78 is 44.3. The van der Waals surface area contributed by atoms with Gasteiger partial charge in [-0.05, 0) is 38.4 Å². The van der Waals surface area contributed by atoms with Gasteiger partial charge in [0.2, 0.25) is 5.91 Å². The van der Waals surface area contributed by atoms with Gasteiger partial charge in [0, 0.05) is 18.7 Å². The van der Waals surface area contributed by atoms with Gasteiger partial charge >= 0.3 is 0 Å². The van der Waals surface area contributed by atoms with Crippen LogP contribution in [0.3, 0.4) is 0 Å². The van der Waals surface area contributed by atoms with Crippen LogP contribution in [0.2, 0.25) is 10.0 Å². The van der Waals surface area contributed by atoms with Gasteiger partial charge in [0.25, 0.3) is 10.0 Å². The van der Waals surface area contributed by atoms with Gasteiger partial charge in [-0.25, -0.2) is 27.5 Å². The van der Waals surface area contributed by atoms with Crippen LogP contribution in [0.25, 0.3) is 22.3 Å². The molecule has 11 nitrogen and oxygen atoms in total. The number of fused-ring (bicyclic) bond motifs is 1. The quantitative estimate of drug-likeness (QED) is 0.273. The molecule has 2 aromatic carbocycles. The van der Waals surface area contributed by atoms with Crippen molar-refractivity contribution in [3.63, 3.8) is 0 Å². The molecule has 15 heteroatoms. The molecule has 0 unspecified atom stereocenters. The average Bonchev–Trinajstić information content (AvgIpc) is 3.21. The fraction of sp³-hybridized carbons (Fsp3) is 0.217. The number of halogens is 3. The number of hydrogen-bond acceptors (Lipinski definition) is 8. The third-order valence-electron chi connectivity index (χ3n) is 5.43. The number of rotatable bonds is 9. The van der Waals surface area contributed by atoms with Crippen molar-refractivity contribution in [3.8, 4) is 11.3 Å². The Kier molecular flexibility index (Phi) is 8.02. The first kappa shape index (κ1) is 27.5. The number of nitrogen functional groups attached to an aromatic ring is 1. The van der Waals surface area contributed by atoms with Crippen LogP contribution < -0.4 is 15.8 Å². The van der Waals surface area contributed by atoms with E-state index in [2.05, 4.69) is 25.1 Å². The molecule has 1 amide bonds. The van der Waals surface area contributed by atoms with E-state index >= 15 is 4.39 Å². The summed E-state index contributed by atoms with van der Waals surface area (Å²) in [7, 11) is -0.464. The number of carbonyl (C=O) groups is 1. The van der Waals surface area contributed by atoms with Crippen molar-refractivity contribution in [2.75, 3.05) is 37.6 Å². The smallest absolute Gasteiger partial charge is 0.263 e. The average molecular weight is 581 g/mol. The van der Waals surface area contributed by atoms with Crippen LogP contribution in [0.5, 0.6) is 0 Å². The Labute approximate surface area is 227 Å². The van der Waals surface area contributed by atoms with Gasteiger partial charge in [-0.1, -0.05) is 35.3 Å². The number of carbonyl (C=O) groups excluding carboxylic acids is 1. The summed E-state index contributed by atoms with van der Waals surface area (Å²) in [5.41, 5.74) is 6.54. The molecule has 0 radical (unpaired) electrons. The van der Waals surface area contributed by atoms with Crippen molar-refractivity contribution in [1.29, 1.82) is 0 Å². The number of amides is 1. The molecule has 200 valence electrons. The fourth-order valence-electron chi connectivity index (χ4n) is 3.59. The first-order valence-corrected chi connectivity index (χ1v) is 13.4. The SMILES string of the molecule is CN(C)CCNC(=O)Cn1nc(-c2ccc(NS(=O)(=O)c3cccc(Cl)c3Cl)c(F)c2)c2c(N)ncnc21. The molecule has 0 fully saturated rings. The molecule has 0 saturated carbocycles. The van der Waals surface area contributed by atoms with E-state index in [-0.39, 0.29) is 55.8 Å². The van der Waals surface area contributed by atoms with Crippen LogP contribution in [0.4, 0.5) is 15.9 Å². The van der Waals surface area contributed by atoms with Crippen LogP contribution in [-0.4, -0.2) is 66.2 Å². The number of nitrogens with zero attached hydrogens (tertiary/aromatic N) is 5. The van der Waals surface area contributed by atoms with Gasteiger partial charge in [-0.3, -0.25) is 9.52 Å². The lowest BCUT2D eigenvalue weighted by atomic mass is 10.1. The second-order valence-corrected chi connectivity index (χ2v) is 10.9. The van der Waals surface area contributed by atoms with Crippen molar-refractivity contribution < 1.29 is 17.6 Å². The molecule has 0 bridgehead atoms. The predicted molar refractivity (Wildman–Crippen MR) is 144 cm³/mol. The molecular weight excluding hydrogens is 558 g/mol. The lowest BCUT2D eigenvalue weighted by molar-refractivity contribution is -0.121. The van der Waals surface area contributed by atoms with E-state index < -0.39 is 15.8 Å². The maximum Gasteiger partial charge on any atom is 0.263 e. The second-order valence-electron chi connectivity index (χ2n) is 8.47. The summed E-state index contributed by atoms with van der Waals surface area (Å²) in [6.45, 7) is 0.948. The minimum Gasteiger partial charge on any atom is -0.383 e. The lowest BCUT2D eigenvalue weighted by Gasteiger charge is -2.11. The molecule has 2 aromatic heterocycles. The van der Waals surface area contributed by atoms with Gasteiger partial charge in [-0.15, -0.1) is 0 Å². The standard InChI is InChI=1S/C23H23Cl2FN8O3S/c1-33(2)9-8-28-18(35)11-34-23-19(22(27)29-12-30-23)21(31-34)13-6-7-16(15(26)10-13)32-38(36,37)17-5-3-4-14(24)20(17)25/h3-7,10,12,32H,8-9,11H2,1-2H3,(H,28,35)(H2,27,29,30). The number of sulfonamides is 1. The van der Waals surface area contributed by atoms with Gasteiger partial charge in [0.1, 0.15) is 35.1 Å². The monoisotopic (exact) mass is 580 g/mol. The Bertz CT molecular complexity index is 1630. The number of aromatic nitrogens is 4. The molecule has 2 heterocycles. The molecule has 0 aliphatic heterocycles. The molecular formula is C23H23Cl2FN8O3S. The highest BCUT2D eigenvalue weighted by Gasteiger charge is 2.23.